The average molecular weight is 508 g/mol. The maximum Gasteiger partial charge on any atom is 0.371 e. The summed E-state index contributed by atoms with van der Waals surface area (Å²) in [6.07, 6.45) is 1.76. The van der Waals surface area contributed by atoms with Crippen LogP contribution in [0.2, 0.25) is 5.02 Å². The van der Waals surface area contributed by atoms with Crippen molar-refractivity contribution in [3.8, 4) is 17.0 Å². The highest BCUT2D eigenvalue weighted by molar-refractivity contribution is 7.98. The smallest absolute Gasteiger partial charge is 0.371 e. The predicted octanol–water partition coefficient (Wildman–Crippen LogP) is 6.58. The number of oxime groups is 1. The van der Waals surface area contributed by atoms with E-state index in [-0.39, 0.29) is 5.56 Å². The van der Waals surface area contributed by atoms with E-state index < -0.39 is 5.97 Å². The molecule has 0 amide bonds. The largest absolute Gasteiger partial charge is 0.496 e. The van der Waals surface area contributed by atoms with Crippen molar-refractivity contribution in [3.05, 3.63) is 94.3 Å². The van der Waals surface area contributed by atoms with E-state index in [1.807, 2.05) is 36.4 Å². The number of hydrogen-bond acceptors (Lipinski definition) is 8. The minimum atomic E-state index is -0.683. The van der Waals surface area contributed by atoms with Gasteiger partial charge in [-0.25, -0.2) is 9.78 Å². The van der Waals surface area contributed by atoms with Gasteiger partial charge in [-0.05, 0) is 55.8 Å². The Labute approximate surface area is 212 Å². The zero-order valence-corrected chi connectivity index (χ0v) is 20.9. The van der Waals surface area contributed by atoms with Crippen LogP contribution in [-0.2, 0) is 10.6 Å². The molecule has 4 rings (SSSR count). The van der Waals surface area contributed by atoms with Crippen LogP contribution in [0.15, 0.2) is 81.6 Å². The number of aryl methyl sites for hydroxylation is 1. The van der Waals surface area contributed by atoms with E-state index in [0.29, 0.717) is 33.5 Å². The van der Waals surface area contributed by atoms with Gasteiger partial charge in [0, 0.05) is 23.1 Å². The standard InChI is InChI=1S/C26H22ClN3O4S/c1-16(18-11-12-22(32-3)19(14-18)15-35-23-10-6-7-13-28-23)29-34-26(31)24-17(2)33-30-25(24)20-8-4-5-9-21(20)27/h4-14H,15H2,1-3H3/b29-16-. The van der Waals surface area contributed by atoms with Crippen molar-refractivity contribution in [2.45, 2.75) is 24.6 Å². The second kappa shape index (κ2) is 11.2. The van der Waals surface area contributed by atoms with Crippen molar-refractivity contribution in [1.29, 1.82) is 0 Å². The Bertz CT molecular complexity index is 1370. The quantitative estimate of drug-likeness (QED) is 0.115. The number of carbonyl (C=O) groups is 1. The summed E-state index contributed by atoms with van der Waals surface area (Å²) in [6, 6.07) is 18.5. The second-order valence-electron chi connectivity index (χ2n) is 7.48. The SMILES string of the molecule is COc1ccc(/C(C)=N\OC(=O)c2c(-c3ccccc3Cl)noc2C)cc1CSc1ccccn1. The maximum atomic E-state index is 12.9. The highest BCUT2D eigenvalue weighted by Crippen LogP contribution is 2.32. The number of rotatable bonds is 8. The molecule has 2 aromatic carbocycles. The fourth-order valence-corrected chi connectivity index (χ4v) is 4.42. The summed E-state index contributed by atoms with van der Waals surface area (Å²) in [5.41, 5.74) is 3.35. The lowest BCUT2D eigenvalue weighted by atomic mass is 10.1. The lowest BCUT2D eigenvalue weighted by Crippen LogP contribution is -2.06. The Morgan fingerprint density at radius 3 is 2.69 bits per heavy atom. The Balaban J connectivity index is 1.53. The Hall–Kier alpha value is -3.62. The normalized spacial score (nSPS) is 11.4. The van der Waals surface area contributed by atoms with Gasteiger partial charge in [0.05, 0.1) is 22.9 Å². The zero-order valence-electron chi connectivity index (χ0n) is 19.3. The Morgan fingerprint density at radius 1 is 1.14 bits per heavy atom. The fraction of sp³-hybridized carbons (Fsp3) is 0.154. The number of nitrogens with zero attached hydrogens (tertiary/aromatic N) is 3. The number of ether oxygens (including phenoxy) is 1. The van der Waals surface area contributed by atoms with Gasteiger partial charge in [-0.1, -0.05) is 46.2 Å². The molecule has 0 aliphatic rings. The van der Waals surface area contributed by atoms with Crippen LogP contribution >= 0.6 is 23.4 Å². The van der Waals surface area contributed by atoms with Gasteiger partial charge in [-0.3, -0.25) is 0 Å². The summed E-state index contributed by atoms with van der Waals surface area (Å²) < 4.78 is 10.7. The first-order valence-electron chi connectivity index (χ1n) is 10.7. The average Bonchev–Trinajstić information content (AvgIpc) is 3.27. The lowest BCUT2D eigenvalue weighted by molar-refractivity contribution is 0.0515. The molecule has 2 aromatic heterocycles. The summed E-state index contributed by atoms with van der Waals surface area (Å²) in [7, 11) is 1.63. The van der Waals surface area contributed by atoms with Gasteiger partial charge in [-0.15, -0.1) is 11.8 Å². The number of aromatic nitrogens is 2. The molecule has 0 unspecified atom stereocenters. The van der Waals surface area contributed by atoms with Crippen molar-refractivity contribution >= 4 is 35.0 Å². The van der Waals surface area contributed by atoms with Crippen LogP contribution in [0.3, 0.4) is 0 Å². The van der Waals surface area contributed by atoms with E-state index in [1.54, 1.807) is 63.2 Å². The number of halogens is 1. The fourth-order valence-electron chi connectivity index (χ4n) is 3.36. The van der Waals surface area contributed by atoms with Crippen molar-refractivity contribution in [3.63, 3.8) is 0 Å². The third-order valence-electron chi connectivity index (χ3n) is 5.17. The van der Waals surface area contributed by atoms with E-state index in [2.05, 4.69) is 15.3 Å². The molecule has 0 N–H and O–H groups in total. The summed E-state index contributed by atoms with van der Waals surface area (Å²) in [5, 5.41) is 9.43. The van der Waals surface area contributed by atoms with Crippen molar-refractivity contribution in [2.24, 2.45) is 5.16 Å². The van der Waals surface area contributed by atoms with Crippen LogP contribution in [0.25, 0.3) is 11.3 Å². The van der Waals surface area contributed by atoms with Crippen LogP contribution < -0.4 is 4.74 Å². The zero-order chi connectivity index (χ0) is 24.8. The Kier molecular flexibility index (Phi) is 7.84. The second-order valence-corrected chi connectivity index (χ2v) is 8.88. The molecule has 2 heterocycles. The van der Waals surface area contributed by atoms with Crippen molar-refractivity contribution in [2.75, 3.05) is 7.11 Å². The molecule has 0 saturated carbocycles. The van der Waals surface area contributed by atoms with E-state index in [0.717, 1.165) is 21.9 Å². The third-order valence-corrected chi connectivity index (χ3v) is 6.49. The Morgan fingerprint density at radius 2 is 1.94 bits per heavy atom. The summed E-state index contributed by atoms with van der Waals surface area (Å²) in [5.74, 6) is 1.04. The van der Waals surface area contributed by atoms with Gasteiger partial charge in [0.1, 0.15) is 22.8 Å². The van der Waals surface area contributed by atoms with E-state index in [9.17, 15) is 4.79 Å². The first-order chi connectivity index (χ1) is 17.0. The summed E-state index contributed by atoms with van der Waals surface area (Å²) in [4.78, 5) is 22.5. The number of carbonyl (C=O) groups excluding carboxylic acids is 1. The number of methoxy groups -OCH3 is 1. The van der Waals surface area contributed by atoms with E-state index in [1.165, 1.54) is 0 Å². The molecule has 7 nitrogen and oxygen atoms in total. The molecule has 0 fully saturated rings. The number of hydrogen-bond donors (Lipinski definition) is 0. The molecule has 0 radical (unpaired) electrons. The molecular formula is C26H22ClN3O4S. The molecule has 4 aromatic rings. The maximum absolute atomic E-state index is 12.9. The number of benzene rings is 2. The van der Waals surface area contributed by atoms with E-state index in [4.69, 9.17) is 25.7 Å². The van der Waals surface area contributed by atoms with Gasteiger partial charge in [-0.2, -0.15) is 0 Å². The minimum Gasteiger partial charge on any atom is -0.496 e. The molecule has 9 heteroatoms. The first kappa shape index (κ1) is 24.5. The lowest BCUT2D eigenvalue weighted by Gasteiger charge is -2.10. The first-order valence-corrected chi connectivity index (χ1v) is 12.0. The van der Waals surface area contributed by atoms with Crippen molar-refractivity contribution < 1.29 is 18.9 Å². The van der Waals surface area contributed by atoms with Crippen molar-refractivity contribution in [1.82, 2.24) is 10.1 Å². The van der Waals surface area contributed by atoms with Gasteiger partial charge >= 0.3 is 5.97 Å². The molecule has 0 saturated heterocycles. The molecular weight excluding hydrogens is 486 g/mol. The number of thioether (sulfide) groups is 1. The highest BCUT2D eigenvalue weighted by Gasteiger charge is 2.24. The van der Waals surface area contributed by atoms with Gasteiger partial charge in [0.25, 0.3) is 0 Å². The van der Waals surface area contributed by atoms with Crippen LogP contribution in [0, 0.1) is 6.92 Å². The molecule has 0 aliphatic carbocycles. The third kappa shape index (κ3) is 5.72. The molecule has 0 spiro atoms. The molecule has 35 heavy (non-hydrogen) atoms. The van der Waals surface area contributed by atoms with E-state index >= 15 is 0 Å². The minimum absolute atomic E-state index is 0.178. The summed E-state index contributed by atoms with van der Waals surface area (Å²) >= 11 is 7.88. The summed E-state index contributed by atoms with van der Waals surface area (Å²) in [6.45, 7) is 3.40. The predicted molar refractivity (Wildman–Crippen MR) is 136 cm³/mol. The van der Waals surface area contributed by atoms with Crippen LogP contribution in [0.5, 0.6) is 5.75 Å². The van der Waals surface area contributed by atoms with Gasteiger partial charge < -0.3 is 14.1 Å². The molecule has 0 atom stereocenters. The van der Waals surface area contributed by atoms with Crippen LogP contribution in [0.1, 0.15) is 34.2 Å². The topological polar surface area (TPSA) is 86.8 Å². The van der Waals surface area contributed by atoms with Gasteiger partial charge in [0.15, 0.2) is 0 Å². The highest BCUT2D eigenvalue weighted by atomic mass is 35.5. The molecule has 0 aliphatic heterocycles. The molecule has 0 bridgehead atoms. The van der Waals surface area contributed by atoms with Gasteiger partial charge in [0.2, 0.25) is 0 Å². The molecule has 178 valence electrons. The number of pyridine rings is 1. The van der Waals surface area contributed by atoms with Crippen LogP contribution in [-0.4, -0.2) is 28.9 Å². The monoisotopic (exact) mass is 507 g/mol. The van der Waals surface area contributed by atoms with Crippen LogP contribution in [0.4, 0.5) is 0 Å².